The van der Waals surface area contributed by atoms with Crippen molar-refractivity contribution < 1.29 is 9.53 Å². The summed E-state index contributed by atoms with van der Waals surface area (Å²) >= 11 is 0. The predicted molar refractivity (Wildman–Crippen MR) is 103 cm³/mol. The van der Waals surface area contributed by atoms with Crippen LogP contribution in [0, 0.1) is 5.41 Å². The lowest BCUT2D eigenvalue weighted by Crippen LogP contribution is -2.51. The molecule has 1 N–H and O–H groups in total. The molecule has 1 aromatic carbocycles. The average molecular weight is 367 g/mol. The smallest absolute Gasteiger partial charge is 0.223 e. The quantitative estimate of drug-likeness (QED) is 0.857. The van der Waals surface area contributed by atoms with Gasteiger partial charge >= 0.3 is 0 Å². The highest BCUT2D eigenvalue weighted by molar-refractivity contribution is 5.85. The predicted octanol–water partition coefficient (Wildman–Crippen LogP) is 3.95. The second kappa shape index (κ2) is 8.91. The van der Waals surface area contributed by atoms with E-state index in [0.717, 1.165) is 43.8 Å². The molecule has 2 aliphatic heterocycles. The molecule has 1 spiro atoms. The van der Waals surface area contributed by atoms with Gasteiger partial charge in [-0.3, -0.25) is 4.79 Å². The van der Waals surface area contributed by atoms with Crippen LogP contribution >= 0.6 is 12.4 Å². The van der Waals surface area contributed by atoms with Crippen LogP contribution in [0.3, 0.4) is 0 Å². The summed E-state index contributed by atoms with van der Waals surface area (Å²) in [7, 11) is 0. The lowest BCUT2D eigenvalue weighted by atomic mass is 9.72. The van der Waals surface area contributed by atoms with Gasteiger partial charge in [0.15, 0.2) is 0 Å². The first kappa shape index (κ1) is 20.1. The first-order chi connectivity index (χ1) is 11.7. The maximum absolute atomic E-state index is 12.6. The average Bonchev–Trinajstić information content (AvgIpc) is 2.63. The number of halogens is 1. The van der Waals surface area contributed by atoms with Crippen molar-refractivity contribution in [1.29, 1.82) is 0 Å². The SMILES string of the molecule is CCCOc1ccccc1C(C)N1CC2(CCNCC2)CCC1=O.Cl. The summed E-state index contributed by atoms with van der Waals surface area (Å²) in [5, 5.41) is 3.45. The molecular weight excluding hydrogens is 336 g/mol. The van der Waals surface area contributed by atoms with Gasteiger partial charge in [0, 0.05) is 18.5 Å². The van der Waals surface area contributed by atoms with Crippen molar-refractivity contribution in [2.75, 3.05) is 26.2 Å². The number of piperidine rings is 2. The molecule has 2 saturated heterocycles. The van der Waals surface area contributed by atoms with Crippen LogP contribution in [0.1, 0.15) is 57.6 Å². The molecule has 1 aromatic rings. The molecule has 2 aliphatic rings. The monoisotopic (exact) mass is 366 g/mol. The van der Waals surface area contributed by atoms with Crippen molar-refractivity contribution in [3.05, 3.63) is 29.8 Å². The lowest BCUT2D eigenvalue weighted by molar-refractivity contribution is -0.141. The number of hydrogen-bond acceptors (Lipinski definition) is 3. The minimum Gasteiger partial charge on any atom is -0.493 e. The fourth-order valence-corrected chi connectivity index (χ4v) is 4.10. The second-order valence-corrected chi connectivity index (χ2v) is 7.33. The molecule has 2 fully saturated rings. The van der Waals surface area contributed by atoms with Gasteiger partial charge in [0.05, 0.1) is 12.6 Å². The van der Waals surface area contributed by atoms with Crippen molar-refractivity contribution in [2.45, 2.75) is 52.0 Å². The molecule has 4 nitrogen and oxygen atoms in total. The largest absolute Gasteiger partial charge is 0.493 e. The molecule has 0 radical (unpaired) electrons. The molecule has 2 heterocycles. The number of benzene rings is 1. The van der Waals surface area contributed by atoms with E-state index in [1.165, 1.54) is 12.8 Å². The minimum absolute atomic E-state index is 0. The van der Waals surface area contributed by atoms with Crippen molar-refractivity contribution in [1.82, 2.24) is 10.2 Å². The van der Waals surface area contributed by atoms with Crippen LogP contribution in [-0.2, 0) is 4.79 Å². The molecule has 3 rings (SSSR count). The molecule has 1 unspecified atom stereocenters. The Morgan fingerprint density at radius 1 is 1.24 bits per heavy atom. The summed E-state index contributed by atoms with van der Waals surface area (Å²) in [6, 6.07) is 8.24. The highest BCUT2D eigenvalue weighted by Gasteiger charge is 2.41. The molecule has 25 heavy (non-hydrogen) atoms. The number of para-hydroxylation sites is 1. The van der Waals surface area contributed by atoms with Crippen molar-refractivity contribution in [3.63, 3.8) is 0 Å². The molecule has 140 valence electrons. The Morgan fingerprint density at radius 2 is 1.96 bits per heavy atom. The Morgan fingerprint density at radius 3 is 2.68 bits per heavy atom. The van der Waals surface area contributed by atoms with E-state index in [0.29, 0.717) is 18.4 Å². The number of nitrogens with one attached hydrogen (secondary N) is 1. The number of hydrogen-bond donors (Lipinski definition) is 1. The summed E-state index contributed by atoms with van der Waals surface area (Å²) in [6.07, 6.45) is 5.07. The van der Waals surface area contributed by atoms with Gasteiger partial charge in [-0.15, -0.1) is 12.4 Å². The van der Waals surface area contributed by atoms with E-state index in [1.54, 1.807) is 0 Å². The van der Waals surface area contributed by atoms with E-state index < -0.39 is 0 Å². The summed E-state index contributed by atoms with van der Waals surface area (Å²) < 4.78 is 5.92. The summed E-state index contributed by atoms with van der Waals surface area (Å²) in [5.74, 6) is 1.21. The Bertz CT molecular complexity index is 573. The van der Waals surface area contributed by atoms with Gasteiger partial charge < -0.3 is 15.0 Å². The van der Waals surface area contributed by atoms with E-state index in [9.17, 15) is 4.79 Å². The highest BCUT2D eigenvalue weighted by Crippen LogP contribution is 2.42. The number of ether oxygens (including phenoxy) is 1. The number of likely N-dealkylation sites (tertiary alicyclic amines) is 1. The highest BCUT2D eigenvalue weighted by atomic mass is 35.5. The topological polar surface area (TPSA) is 41.6 Å². The second-order valence-electron chi connectivity index (χ2n) is 7.33. The molecule has 0 bridgehead atoms. The zero-order chi connectivity index (χ0) is 17.0. The van der Waals surface area contributed by atoms with Gasteiger partial charge in [-0.1, -0.05) is 25.1 Å². The molecule has 0 aliphatic carbocycles. The van der Waals surface area contributed by atoms with E-state index in [1.807, 2.05) is 18.2 Å². The van der Waals surface area contributed by atoms with Gasteiger partial charge in [-0.2, -0.15) is 0 Å². The fraction of sp³-hybridized carbons (Fsp3) is 0.650. The number of amides is 1. The first-order valence-electron chi connectivity index (χ1n) is 9.37. The van der Waals surface area contributed by atoms with Crippen LogP contribution in [-0.4, -0.2) is 37.0 Å². The van der Waals surface area contributed by atoms with E-state index in [-0.39, 0.29) is 24.4 Å². The van der Waals surface area contributed by atoms with Gasteiger partial charge in [0.25, 0.3) is 0 Å². The zero-order valence-corrected chi connectivity index (χ0v) is 16.2. The molecule has 0 saturated carbocycles. The van der Waals surface area contributed by atoms with Crippen LogP contribution in [0.25, 0.3) is 0 Å². The number of carbonyl (C=O) groups is 1. The first-order valence-corrected chi connectivity index (χ1v) is 9.37. The van der Waals surface area contributed by atoms with Crippen LogP contribution < -0.4 is 10.1 Å². The normalized spacial score (nSPS) is 20.9. The van der Waals surface area contributed by atoms with Gasteiger partial charge in [-0.05, 0) is 57.2 Å². The van der Waals surface area contributed by atoms with Gasteiger partial charge in [-0.25, -0.2) is 0 Å². The fourth-order valence-electron chi connectivity index (χ4n) is 4.10. The Kier molecular flexibility index (Phi) is 7.14. The standard InChI is InChI=1S/C20H30N2O2.ClH/c1-3-14-24-18-7-5-4-6-17(18)16(2)22-15-20(9-8-19(22)23)10-12-21-13-11-20;/h4-7,16,21H,3,8-15H2,1-2H3;1H. The number of carbonyl (C=O) groups excluding carboxylic acids is 1. The van der Waals surface area contributed by atoms with Crippen molar-refractivity contribution >= 4 is 18.3 Å². The summed E-state index contributed by atoms with van der Waals surface area (Å²) in [6.45, 7) is 8.01. The molecule has 5 heteroatoms. The van der Waals surface area contributed by atoms with E-state index >= 15 is 0 Å². The number of nitrogens with zero attached hydrogens (tertiary/aromatic N) is 1. The third-order valence-electron chi connectivity index (χ3n) is 5.66. The van der Waals surface area contributed by atoms with Crippen LogP contribution in [0.2, 0.25) is 0 Å². The summed E-state index contributed by atoms with van der Waals surface area (Å²) in [5.41, 5.74) is 1.44. The van der Waals surface area contributed by atoms with Gasteiger partial charge in [0.2, 0.25) is 5.91 Å². The van der Waals surface area contributed by atoms with Crippen molar-refractivity contribution in [3.8, 4) is 5.75 Å². The van der Waals surface area contributed by atoms with Crippen LogP contribution in [0.5, 0.6) is 5.75 Å². The van der Waals surface area contributed by atoms with Crippen LogP contribution in [0.4, 0.5) is 0 Å². The number of rotatable bonds is 5. The lowest BCUT2D eigenvalue weighted by Gasteiger charge is -2.47. The Labute approximate surface area is 157 Å². The van der Waals surface area contributed by atoms with Crippen molar-refractivity contribution in [2.24, 2.45) is 5.41 Å². The minimum atomic E-state index is 0. The Hall–Kier alpha value is -1.26. The molecular formula is C20H31ClN2O2. The Balaban J connectivity index is 0.00000225. The molecule has 1 atom stereocenters. The van der Waals surface area contributed by atoms with Gasteiger partial charge in [0.1, 0.15) is 5.75 Å². The third-order valence-corrected chi connectivity index (χ3v) is 5.66. The summed E-state index contributed by atoms with van der Waals surface area (Å²) in [4.78, 5) is 14.7. The molecule has 1 amide bonds. The molecule has 0 aromatic heterocycles. The van der Waals surface area contributed by atoms with Crippen LogP contribution in [0.15, 0.2) is 24.3 Å². The van der Waals surface area contributed by atoms with E-state index in [2.05, 4.69) is 30.1 Å². The zero-order valence-electron chi connectivity index (χ0n) is 15.4. The maximum atomic E-state index is 12.6. The van der Waals surface area contributed by atoms with E-state index in [4.69, 9.17) is 4.74 Å². The maximum Gasteiger partial charge on any atom is 0.223 e. The third kappa shape index (κ3) is 4.48.